The number of H-pyrrole nitrogens is 1. The molecule has 2 saturated heterocycles. The van der Waals surface area contributed by atoms with Crippen molar-refractivity contribution in [3.63, 3.8) is 0 Å². The second-order valence-corrected chi connectivity index (χ2v) is 10.3. The molecule has 0 spiro atoms. The normalized spacial score (nSPS) is 17.5. The highest BCUT2D eigenvalue weighted by atomic mass is 16.5. The minimum Gasteiger partial charge on any atom is -0.378 e. The molecule has 3 aromatic heterocycles. The molecule has 0 radical (unpaired) electrons. The van der Waals surface area contributed by atoms with E-state index in [1.807, 2.05) is 36.4 Å². The maximum atomic E-state index is 13.0. The van der Waals surface area contributed by atoms with E-state index in [4.69, 9.17) is 4.74 Å². The first kappa shape index (κ1) is 26.6. The number of pyridine rings is 1. The summed E-state index contributed by atoms with van der Waals surface area (Å²) in [5.74, 6) is 0.484. The molecule has 4 aromatic rings. The number of ether oxygens (including phenoxy) is 1. The van der Waals surface area contributed by atoms with Crippen LogP contribution in [0.5, 0.6) is 0 Å². The Hall–Kier alpha value is -4.61. The van der Waals surface area contributed by atoms with Gasteiger partial charge in [0, 0.05) is 56.3 Å². The fourth-order valence-corrected chi connectivity index (χ4v) is 5.35. The van der Waals surface area contributed by atoms with E-state index in [2.05, 4.69) is 53.0 Å². The van der Waals surface area contributed by atoms with Gasteiger partial charge in [-0.1, -0.05) is 18.7 Å². The second kappa shape index (κ2) is 11.9. The molecular formula is C30H32N8O3. The van der Waals surface area contributed by atoms with Gasteiger partial charge in [-0.05, 0) is 54.0 Å². The highest BCUT2D eigenvalue weighted by Crippen LogP contribution is 2.29. The number of aromatic amines is 1. The van der Waals surface area contributed by atoms with Gasteiger partial charge in [-0.3, -0.25) is 19.5 Å². The van der Waals surface area contributed by atoms with E-state index >= 15 is 0 Å². The van der Waals surface area contributed by atoms with E-state index in [9.17, 15) is 9.59 Å². The third-order valence-electron chi connectivity index (χ3n) is 7.44. The molecule has 0 saturated carbocycles. The number of nitrogens with one attached hydrogen (secondary N) is 3. The van der Waals surface area contributed by atoms with Gasteiger partial charge in [0.1, 0.15) is 23.5 Å². The van der Waals surface area contributed by atoms with Crippen molar-refractivity contribution < 1.29 is 14.3 Å². The van der Waals surface area contributed by atoms with Crippen LogP contribution in [0.3, 0.4) is 0 Å². The van der Waals surface area contributed by atoms with Gasteiger partial charge in [0.25, 0.3) is 5.91 Å². The molecule has 41 heavy (non-hydrogen) atoms. The third kappa shape index (κ3) is 6.11. The summed E-state index contributed by atoms with van der Waals surface area (Å²) in [5, 5.41) is 6.87. The summed E-state index contributed by atoms with van der Waals surface area (Å²) in [6, 6.07) is 13.6. The SMILES string of the molecule is C=CC(=O)NC1CCN(Cc2ccnc(C(=O)Nc3ccc(-c4cc5c(N6CCOCC6)ncnc5[nH]4)cc3)c2)C1. The van der Waals surface area contributed by atoms with Crippen LogP contribution in [-0.2, 0) is 16.1 Å². The zero-order valence-corrected chi connectivity index (χ0v) is 22.7. The molecule has 1 aromatic carbocycles. The monoisotopic (exact) mass is 552 g/mol. The summed E-state index contributed by atoms with van der Waals surface area (Å²) in [7, 11) is 0. The highest BCUT2D eigenvalue weighted by Gasteiger charge is 2.23. The molecule has 2 amide bonds. The average Bonchev–Trinajstić information content (AvgIpc) is 3.64. The average molecular weight is 553 g/mol. The van der Waals surface area contributed by atoms with Gasteiger partial charge in [-0.25, -0.2) is 9.97 Å². The summed E-state index contributed by atoms with van der Waals surface area (Å²) < 4.78 is 5.48. The molecule has 1 atom stereocenters. The number of rotatable bonds is 8. The van der Waals surface area contributed by atoms with Gasteiger partial charge in [0.05, 0.1) is 18.6 Å². The lowest BCUT2D eigenvalue weighted by Crippen LogP contribution is -2.36. The van der Waals surface area contributed by atoms with Crippen LogP contribution in [0.15, 0.2) is 67.6 Å². The molecule has 6 rings (SSSR count). The molecule has 210 valence electrons. The van der Waals surface area contributed by atoms with Crippen molar-refractivity contribution in [1.82, 2.24) is 30.2 Å². The lowest BCUT2D eigenvalue weighted by molar-refractivity contribution is -0.117. The van der Waals surface area contributed by atoms with Crippen LogP contribution in [0, 0.1) is 0 Å². The maximum absolute atomic E-state index is 13.0. The quantitative estimate of drug-likeness (QED) is 0.285. The summed E-state index contributed by atoms with van der Waals surface area (Å²) in [5.41, 5.74) is 4.71. The van der Waals surface area contributed by atoms with E-state index in [0.717, 1.165) is 66.3 Å². The topological polar surface area (TPSA) is 128 Å². The summed E-state index contributed by atoms with van der Waals surface area (Å²) in [4.78, 5) is 45.7. The first-order valence-corrected chi connectivity index (χ1v) is 13.7. The van der Waals surface area contributed by atoms with Crippen LogP contribution in [0.2, 0.25) is 0 Å². The Morgan fingerprint density at radius 2 is 1.90 bits per heavy atom. The second-order valence-electron chi connectivity index (χ2n) is 10.3. The standard InChI is InChI=1S/C30H32N8O3/c1-2-27(39)34-23-8-10-37(18-23)17-20-7-9-31-26(15-20)30(40)35-22-5-3-21(4-6-22)25-16-24-28(36-25)32-19-33-29(24)38-11-13-41-14-12-38/h2-7,9,15-16,19,23H,1,8,10-14,17-18H2,(H,34,39)(H,35,40)(H,32,33,36). The Balaban J connectivity index is 1.10. The summed E-state index contributed by atoms with van der Waals surface area (Å²) in [6.45, 7) is 8.79. The molecule has 1 unspecified atom stereocenters. The Morgan fingerprint density at radius 3 is 2.71 bits per heavy atom. The van der Waals surface area contributed by atoms with Crippen LogP contribution in [0.25, 0.3) is 22.3 Å². The number of aromatic nitrogens is 4. The van der Waals surface area contributed by atoms with E-state index < -0.39 is 0 Å². The molecule has 3 N–H and O–H groups in total. The van der Waals surface area contributed by atoms with E-state index in [1.54, 1.807) is 12.5 Å². The lowest BCUT2D eigenvalue weighted by Gasteiger charge is -2.27. The number of amides is 2. The molecule has 11 nitrogen and oxygen atoms in total. The number of morpholine rings is 1. The number of anilines is 2. The van der Waals surface area contributed by atoms with Crippen LogP contribution in [-0.4, -0.2) is 82.1 Å². The van der Waals surface area contributed by atoms with Gasteiger partial charge < -0.3 is 25.3 Å². The Bertz CT molecular complexity index is 1560. The van der Waals surface area contributed by atoms with Crippen molar-refractivity contribution >= 4 is 34.4 Å². The van der Waals surface area contributed by atoms with Crippen molar-refractivity contribution in [2.75, 3.05) is 49.6 Å². The Morgan fingerprint density at radius 1 is 1.07 bits per heavy atom. The van der Waals surface area contributed by atoms with Crippen LogP contribution >= 0.6 is 0 Å². The maximum Gasteiger partial charge on any atom is 0.274 e. The van der Waals surface area contributed by atoms with Gasteiger partial charge in [-0.15, -0.1) is 0 Å². The summed E-state index contributed by atoms with van der Waals surface area (Å²) in [6.07, 6.45) is 5.42. The van der Waals surface area contributed by atoms with Crippen molar-refractivity contribution in [3.05, 3.63) is 78.9 Å². The van der Waals surface area contributed by atoms with Crippen LogP contribution in [0.1, 0.15) is 22.5 Å². The summed E-state index contributed by atoms with van der Waals surface area (Å²) >= 11 is 0. The molecule has 5 heterocycles. The van der Waals surface area contributed by atoms with Crippen LogP contribution in [0.4, 0.5) is 11.5 Å². The van der Waals surface area contributed by atoms with Crippen molar-refractivity contribution in [3.8, 4) is 11.3 Å². The first-order valence-electron chi connectivity index (χ1n) is 13.7. The van der Waals surface area contributed by atoms with Crippen molar-refractivity contribution in [1.29, 1.82) is 0 Å². The fraction of sp³-hybridized carbons (Fsp3) is 0.300. The van der Waals surface area contributed by atoms with Crippen molar-refractivity contribution in [2.45, 2.75) is 19.0 Å². The number of carbonyl (C=O) groups is 2. The van der Waals surface area contributed by atoms with E-state index in [1.165, 1.54) is 6.08 Å². The van der Waals surface area contributed by atoms with Gasteiger partial charge in [0.15, 0.2) is 0 Å². The zero-order chi connectivity index (χ0) is 28.2. The largest absolute Gasteiger partial charge is 0.378 e. The third-order valence-corrected chi connectivity index (χ3v) is 7.44. The van der Waals surface area contributed by atoms with E-state index in [0.29, 0.717) is 31.1 Å². The predicted octanol–water partition coefficient (Wildman–Crippen LogP) is 2.99. The lowest BCUT2D eigenvalue weighted by atomic mass is 10.1. The van der Waals surface area contributed by atoms with Crippen LogP contribution < -0.4 is 15.5 Å². The van der Waals surface area contributed by atoms with Gasteiger partial charge >= 0.3 is 0 Å². The number of hydrogen-bond donors (Lipinski definition) is 3. The molecule has 0 bridgehead atoms. The molecule has 2 fully saturated rings. The first-order chi connectivity index (χ1) is 20.1. The van der Waals surface area contributed by atoms with Gasteiger partial charge in [-0.2, -0.15) is 0 Å². The Labute approximate surface area is 237 Å². The molecule has 0 aliphatic carbocycles. The van der Waals surface area contributed by atoms with E-state index in [-0.39, 0.29) is 17.9 Å². The molecule has 2 aliphatic heterocycles. The predicted molar refractivity (Wildman–Crippen MR) is 157 cm³/mol. The number of benzene rings is 1. The molecule has 11 heteroatoms. The minimum absolute atomic E-state index is 0.109. The number of likely N-dealkylation sites (tertiary alicyclic amines) is 1. The number of fused-ring (bicyclic) bond motifs is 1. The minimum atomic E-state index is -0.270. The highest BCUT2D eigenvalue weighted by molar-refractivity contribution is 6.03. The zero-order valence-electron chi connectivity index (χ0n) is 22.7. The van der Waals surface area contributed by atoms with Gasteiger partial charge in [0.2, 0.25) is 5.91 Å². The Kier molecular flexibility index (Phi) is 7.70. The molecule has 2 aliphatic rings. The number of hydrogen-bond acceptors (Lipinski definition) is 8. The van der Waals surface area contributed by atoms with Crippen molar-refractivity contribution in [2.24, 2.45) is 0 Å². The number of nitrogens with zero attached hydrogens (tertiary/aromatic N) is 5. The smallest absolute Gasteiger partial charge is 0.274 e. The molecular weight excluding hydrogens is 520 g/mol. The number of carbonyl (C=O) groups excluding carboxylic acids is 2. The fourth-order valence-electron chi connectivity index (χ4n) is 5.35.